The predicted octanol–water partition coefficient (Wildman–Crippen LogP) is 5.21. The van der Waals surface area contributed by atoms with Crippen LogP contribution in [0.2, 0.25) is 0 Å². The van der Waals surface area contributed by atoms with Gasteiger partial charge in [0.15, 0.2) is 0 Å². The first-order valence-corrected chi connectivity index (χ1v) is 13.2. The molecule has 2 saturated heterocycles. The van der Waals surface area contributed by atoms with Gasteiger partial charge >= 0.3 is 6.03 Å². The fraction of sp³-hybridized carbons (Fsp3) is 0.333. The molecule has 198 valence electrons. The van der Waals surface area contributed by atoms with Crippen LogP contribution < -0.4 is 25.2 Å². The van der Waals surface area contributed by atoms with Gasteiger partial charge < -0.3 is 30.1 Å². The van der Waals surface area contributed by atoms with E-state index in [0.29, 0.717) is 11.3 Å². The van der Waals surface area contributed by atoms with Crippen LogP contribution in [0.1, 0.15) is 28.8 Å². The second-order valence-corrected chi connectivity index (χ2v) is 9.83. The Balaban J connectivity index is 1.34. The normalized spacial score (nSPS) is 15.4. The number of hydrogen-bond donors (Lipinski definition) is 2. The number of aryl methyl sites for hydroxylation is 1. The third-order valence-electron chi connectivity index (χ3n) is 7.20. The van der Waals surface area contributed by atoms with Crippen molar-refractivity contribution < 1.29 is 14.3 Å². The highest BCUT2D eigenvalue weighted by Crippen LogP contribution is 2.32. The van der Waals surface area contributed by atoms with E-state index in [0.717, 1.165) is 80.5 Å². The van der Waals surface area contributed by atoms with Crippen LogP contribution in [0.5, 0.6) is 5.75 Å². The lowest BCUT2D eigenvalue weighted by molar-refractivity contribution is 0.0793. The number of urea groups is 1. The van der Waals surface area contributed by atoms with Gasteiger partial charge in [0.25, 0.3) is 5.91 Å². The number of benzene rings is 3. The number of carbonyl (C=O) groups excluding carboxylic acids is 2. The largest absolute Gasteiger partial charge is 0.495 e. The van der Waals surface area contributed by atoms with Crippen molar-refractivity contribution in [2.24, 2.45) is 0 Å². The number of nitrogens with one attached hydrogen (secondary N) is 2. The van der Waals surface area contributed by atoms with Gasteiger partial charge in [-0.05, 0) is 67.8 Å². The highest BCUT2D eigenvalue weighted by molar-refractivity contribution is 6.04. The molecule has 38 heavy (non-hydrogen) atoms. The number of nitrogens with zero attached hydrogens (tertiary/aromatic N) is 3. The summed E-state index contributed by atoms with van der Waals surface area (Å²) in [5.74, 6) is 0.887. The molecule has 2 fully saturated rings. The maximum absolute atomic E-state index is 13.6. The number of likely N-dealkylation sites (tertiary alicyclic amines) is 1. The van der Waals surface area contributed by atoms with E-state index in [1.807, 2.05) is 72.5 Å². The summed E-state index contributed by atoms with van der Waals surface area (Å²) in [6, 6.07) is 21.0. The van der Waals surface area contributed by atoms with Gasteiger partial charge in [0.1, 0.15) is 5.75 Å². The minimum Gasteiger partial charge on any atom is -0.495 e. The number of ether oxygens (including phenoxy) is 1. The predicted molar refractivity (Wildman–Crippen MR) is 153 cm³/mol. The topological polar surface area (TPSA) is 77.1 Å². The second-order valence-electron chi connectivity index (χ2n) is 9.83. The molecule has 0 atom stereocenters. The monoisotopic (exact) mass is 513 g/mol. The first kappa shape index (κ1) is 25.4. The van der Waals surface area contributed by atoms with Gasteiger partial charge in [0.2, 0.25) is 0 Å². The lowest BCUT2D eigenvalue weighted by Crippen LogP contribution is -2.47. The smallest absolute Gasteiger partial charge is 0.323 e. The second kappa shape index (κ2) is 11.5. The molecule has 2 heterocycles. The average molecular weight is 514 g/mol. The van der Waals surface area contributed by atoms with Gasteiger partial charge in [-0.15, -0.1) is 0 Å². The van der Waals surface area contributed by atoms with Crippen molar-refractivity contribution in [2.75, 3.05) is 66.8 Å². The summed E-state index contributed by atoms with van der Waals surface area (Å²) < 4.78 is 5.56. The van der Waals surface area contributed by atoms with Crippen molar-refractivity contribution in [2.45, 2.75) is 19.8 Å². The van der Waals surface area contributed by atoms with Crippen molar-refractivity contribution >= 4 is 34.7 Å². The Morgan fingerprint density at radius 2 is 1.39 bits per heavy atom. The first-order chi connectivity index (χ1) is 18.5. The van der Waals surface area contributed by atoms with E-state index in [2.05, 4.69) is 26.5 Å². The van der Waals surface area contributed by atoms with Gasteiger partial charge in [-0.1, -0.05) is 24.3 Å². The summed E-state index contributed by atoms with van der Waals surface area (Å²) in [4.78, 5) is 32.8. The van der Waals surface area contributed by atoms with Crippen LogP contribution in [-0.4, -0.2) is 63.2 Å². The third kappa shape index (κ3) is 5.69. The van der Waals surface area contributed by atoms with Crippen LogP contribution in [0.25, 0.3) is 0 Å². The Bertz CT molecular complexity index is 1300. The van der Waals surface area contributed by atoms with Crippen LogP contribution >= 0.6 is 0 Å². The van der Waals surface area contributed by atoms with Crippen LogP contribution in [0.15, 0.2) is 66.7 Å². The number of anilines is 4. The van der Waals surface area contributed by atoms with E-state index in [4.69, 9.17) is 4.74 Å². The Hall–Kier alpha value is -4.20. The molecule has 2 aliphatic heterocycles. The Morgan fingerprint density at radius 3 is 2.08 bits per heavy atom. The maximum atomic E-state index is 13.6. The Labute approximate surface area is 224 Å². The van der Waals surface area contributed by atoms with Gasteiger partial charge in [-0.2, -0.15) is 0 Å². The third-order valence-corrected chi connectivity index (χ3v) is 7.20. The summed E-state index contributed by atoms with van der Waals surface area (Å²) >= 11 is 0. The molecular weight excluding hydrogens is 478 g/mol. The van der Waals surface area contributed by atoms with Crippen LogP contribution in [0.4, 0.5) is 27.5 Å². The first-order valence-electron chi connectivity index (χ1n) is 13.2. The summed E-state index contributed by atoms with van der Waals surface area (Å²) in [6.45, 7) is 6.70. The molecule has 0 aliphatic carbocycles. The molecule has 3 aromatic carbocycles. The van der Waals surface area contributed by atoms with Crippen LogP contribution in [0.3, 0.4) is 0 Å². The number of methoxy groups -OCH3 is 1. The van der Waals surface area contributed by atoms with Crippen LogP contribution in [-0.2, 0) is 0 Å². The molecule has 2 N–H and O–H groups in total. The molecule has 8 nitrogen and oxygen atoms in total. The molecule has 0 aromatic heterocycles. The molecule has 0 unspecified atom stereocenters. The molecule has 8 heteroatoms. The number of para-hydroxylation sites is 2. The lowest BCUT2D eigenvalue weighted by Gasteiger charge is -2.38. The number of amides is 3. The summed E-state index contributed by atoms with van der Waals surface area (Å²) in [6.07, 6.45) is 2.05. The molecule has 0 saturated carbocycles. The van der Waals surface area contributed by atoms with Crippen molar-refractivity contribution in [3.05, 3.63) is 77.9 Å². The van der Waals surface area contributed by atoms with Gasteiger partial charge in [0, 0.05) is 56.3 Å². The zero-order valence-electron chi connectivity index (χ0n) is 22.1. The van der Waals surface area contributed by atoms with Crippen molar-refractivity contribution in [1.82, 2.24) is 4.90 Å². The molecular formula is C30H35N5O3. The Morgan fingerprint density at radius 1 is 0.737 bits per heavy atom. The molecule has 3 aromatic rings. The fourth-order valence-electron chi connectivity index (χ4n) is 5.25. The quantitative estimate of drug-likeness (QED) is 0.473. The molecule has 5 rings (SSSR count). The minimum atomic E-state index is -0.339. The standard InChI is InChI=1S/C30H35N5O3/c1-22-8-7-9-23(20-22)31-30(37)32-24-12-13-26(25(21-24)29(36)35-14-5-6-15-35)33-16-18-34(19-17-33)27-10-3-4-11-28(27)38-2/h3-4,7-13,20-21H,5-6,14-19H2,1-2H3,(H2,31,32,37). The lowest BCUT2D eigenvalue weighted by atomic mass is 10.1. The SMILES string of the molecule is COc1ccccc1N1CCN(c2ccc(NC(=O)Nc3cccc(C)c3)cc2C(=O)N2CCCC2)CC1. The molecule has 2 aliphatic rings. The van der Waals surface area contributed by atoms with E-state index in [-0.39, 0.29) is 11.9 Å². The van der Waals surface area contributed by atoms with Crippen molar-refractivity contribution in [3.8, 4) is 5.75 Å². The zero-order valence-corrected chi connectivity index (χ0v) is 22.1. The van der Waals surface area contributed by atoms with Crippen LogP contribution in [0, 0.1) is 6.92 Å². The summed E-state index contributed by atoms with van der Waals surface area (Å²) in [5.41, 5.74) is 5.00. The zero-order chi connectivity index (χ0) is 26.5. The minimum absolute atomic E-state index is 0.0207. The average Bonchev–Trinajstić information content (AvgIpc) is 3.48. The van der Waals surface area contributed by atoms with E-state index in [1.54, 1.807) is 7.11 Å². The number of piperazine rings is 1. The molecule has 3 amide bonds. The number of rotatable bonds is 6. The number of hydrogen-bond acceptors (Lipinski definition) is 5. The van der Waals surface area contributed by atoms with Crippen molar-refractivity contribution in [3.63, 3.8) is 0 Å². The van der Waals surface area contributed by atoms with Gasteiger partial charge in [0.05, 0.1) is 18.4 Å². The maximum Gasteiger partial charge on any atom is 0.323 e. The highest BCUT2D eigenvalue weighted by atomic mass is 16.5. The van der Waals surface area contributed by atoms with E-state index < -0.39 is 0 Å². The fourth-order valence-corrected chi connectivity index (χ4v) is 5.25. The van der Waals surface area contributed by atoms with E-state index >= 15 is 0 Å². The molecule has 0 spiro atoms. The highest BCUT2D eigenvalue weighted by Gasteiger charge is 2.27. The summed E-state index contributed by atoms with van der Waals surface area (Å²) in [5, 5.41) is 5.78. The summed E-state index contributed by atoms with van der Waals surface area (Å²) in [7, 11) is 1.70. The van der Waals surface area contributed by atoms with Gasteiger partial charge in [-0.3, -0.25) is 4.79 Å². The molecule has 0 radical (unpaired) electrons. The van der Waals surface area contributed by atoms with E-state index in [1.165, 1.54) is 0 Å². The van der Waals surface area contributed by atoms with Crippen molar-refractivity contribution in [1.29, 1.82) is 0 Å². The Kier molecular flexibility index (Phi) is 7.67. The van der Waals surface area contributed by atoms with Gasteiger partial charge in [-0.25, -0.2) is 4.79 Å². The number of carbonyl (C=O) groups is 2. The molecule has 0 bridgehead atoms. The van der Waals surface area contributed by atoms with E-state index in [9.17, 15) is 9.59 Å².